The lowest BCUT2D eigenvalue weighted by atomic mass is 10.2. The monoisotopic (exact) mass is 303 g/mol. The molecule has 0 spiro atoms. The first-order chi connectivity index (χ1) is 6.75. The van der Waals surface area contributed by atoms with Crippen molar-refractivity contribution in [3.63, 3.8) is 0 Å². The number of ether oxygens (including phenoxy) is 1. The molecule has 1 aliphatic rings. The highest BCUT2D eigenvalue weighted by atomic mass is 127. The van der Waals surface area contributed by atoms with Crippen molar-refractivity contribution in [2.45, 2.75) is 31.8 Å². The van der Waals surface area contributed by atoms with E-state index in [-0.39, 0.29) is 0 Å². The van der Waals surface area contributed by atoms with E-state index >= 15 is 0 Å². The van der Waals surface area contributed by atoms with Crippen LogP contribution >= 0.6 is 22.6 Å². The van der Waals surface area contributed by atoms with Crippen molar-refractivity contribution < 1.29 is 4.74 Å². The summed E-state index contributed by atoms with van der Waals surface area (Å²) >= 11 is 2.25. The summed E-state index contributed by atoms with van der Waals surface area (Å²) < 4.78 is 6.98. The lowest BCUT2D eigenvalue weighted by molar-refractivity contribution is 0.211. The molecule has 3 heteroatoms. The third kappa shape index (κ3) is 2.32. The number of hydrogen-bond acceptors (Lipinski definition) is 2. The molecule has 1 aliphatic carbocycles. The van der Waals surface area contributed by atoms with Gasteiger partial charge in [-0.15, -0.1) is 0 Å². The minimum Gasteiger partial charge on any atom is -0.488 e. The number of anilines is 1. The molecular formula is C11H14INO. The molecule has 2 nitrogen and oxygen atoms in total. The van der Waals surface area contributed by atoms with Gasteiger partial charge in [0.2, 0.25) is 0 Å². The van der Waals surface area contributed by atoms with Crippen LogP contribution in [-0.4, -0.2) is 6.10 Å². The third-order valence-corrected chi connectivity index (χ3v) is 3.24. The average Bonchev–Trinajstić information content (AvgIpc) is 2.62. The smallest absolute Gasteiger partial charge is 0.142 e. The minimum atomic E-state index is 0.386. The fourth-order valence-corrected chi connectivity index (χ4v) is 2.33. The molecule has 0 saturated heterocycles. The lowest BCUT2D eigenvalue weighted by Gasteiger charge is -2.14. The quantitative estimate of drug-likeness (QED) is 0.672. The van der Waals surface area contributed by atoms with E-state index in [1.54, 1.807) is 0 Å². The number of nitrogens with two attached hydrogens (primary N) is 1. The third-order valence-electron chi connectivity index (χ3n) is 2.57. The average molecular weight is 303 g/mol. The van der Waals surface area contributed by atoms with E-state index in [1.807, 2.05) is 18.2 Å². The molecule has 1 aromatic rings. The predicted molar refractivity (Wildman–Crippen MR) is 66.5 cm³/mol. The van der Waals surface area contributed by atoms with Gasteiger partial charge in [-0.1, -0.05) is 0 Å². The van der Waals surface area contributed by atoms with Gasteiger partial charge in [0.1, 0.15) is 5.75 Å². The Bertz CT molecular complexity index is 321. The van der Waals surface area contributed by atoms with Crippen LogP contribution in [0.5, 0.6) is 5.75 Å². The molecule has 0 aromatic heterocycles. The van der Waals surface area contributed by atoms with Crippen LogP contribution in [0.2, 0.25) is 0 Å². The van der Waals surface area contributed by atoms with Gasteiger partial charge >= 0.3 is 0 Å². The van der Waals surface area contributed by atoms with Crippen LogP contribution in [0.25, 0.3) is 0 Å². The molecule has 0 aliphatic heterocycles. The van der Waals surface area contributed by atoms with Gasteiger partial charge in [-0.2, -0.15) is 0 Å². The lowest BCUT2D eigenvalue weighted by Crippen LogP contribution is -2.12. The van der Waals surface area contributed by atoms with E-state index in [1.165, 1.54) is 25.7 Å². The van der Waals surface area contributed by atoms with Crippen LogP contribution in [0.15, 0.2) is 18.2 Å². The zero-order valence-electron chi connectivity index (χ0n) is 8.00. The maximum Gasteiger partial charge on any atom is 0.142 e. The molecule has 1 saturated carbocycles. The molecule has 2 rings (SSSR count). The summed E-state index contributed by atoms with van der Waals surface area (Å²) in [6, 6.07) is 5.95. The van der Waals surface area contributed by atoms with E-state index in [0.29, 0.717) is 6.10 Å². The van der Waals surface area contributed by atoms with Crippen molar-refractivity contribution in [2.24, 2.45) is 0 Å². The second kappa shape index (κ2) is 4.38. The topological polar surface area (TPSA) is 35.2 Å². The summed E-state index contributed by atoms with van der Waals surface area (Å²) in [5.74, 6) is 0.845. The number of rotatable bonds is 2. The van der Waals surface area contributed by atoms with Crippen LogP contribution in [-0.2, 0) is 0 Å². The van der Waals surface area contributed by atoms with Crippen LogP contribution in [0.4, 0.5) is 5.69 Å². The fourth-order valence-electron chi connectivity index (χ4n) is 1.81. The molecule has 0 radical (unpaired) electrons. The van der Waals surface area contributed by atoms with E-state index < -0.39 is 0 Å². The highest BCUT2D eigenvalue weighted by molar-refractivity contribution is 14.1. The fraction of sp³-hybridized carbons (Fsp3) is 0.455. The maximum atomic E-state index is 5.87. The molecule has 0 heterocycles. The highest BCUT2D eigenvalue weighted by Gasteiger charge is 2.17. The Balaban J connectivity index is 2.08. The van der Waals surface area contributed by atoms with Crippen molar-refractivity contribution in [3.05, 3.63) is 21.8 Å². The molecule has 0 unspecified atom stereocenters. The molecule has 14 heavy (non-hydrogen) atoms. The van der Waals surface area contributed by atoms with Gasteiger partial charge in [0.25, 0.3) is 0 Å². The minimum absolute atomic E-state index is 0.386. The molecule has 2 N–H and O–H groups in total. The zero-order valence-corrected chi connectivity index (χ0v) is 10.2. The SMILES string of the molecule is Nc1cc(I)ccc1OC1CCCC1. The van der Waals surface area contributed by atoms with Gasteiger partial charge in [0, 0.05) is 3.57 Å². The van der Waals surface area contributed by atoms with Crippen molar-refractivity contribution in [2.75, 3.05) is 5.73 Å². The Morgan fingerprint density at radius 2 is 2.00 bits per heavy atom. The number of hydrogen-bond donors (Lipinski definition) is 1. The number of benzene rings is 1. The van der Waals surface area contributed by atoms with E-state index in [9.17, 15) is 0 Å². The summed E-state index contributed by atoms with van der Waals surface area (Å²) in [4.78, 5) is 0. The molecule has 0 bridgehead atoms. The first-order valence-corrected chi connectivity index (χ1v) is 6.05. The Morgan fingerprint density at radius 3 is 2.64 bits per heavy atom. The van der Waals surface area contributed by atoms with Gasteiger partial charge in [-0.05, 0) is 66.5 Å². The standard InChI is InChI=1S/C11H14INO/c12-8-5-6-11(10(13)7-8)14-9-3-1-2-4-9/h5-7,9H,1-4,13H2. The molecular weight excluding hydrogens is 289 g/mol. The highest BCUT2D eigenvalue weighted by Crippen LogP contribution is 2.28. The van der Waals surface area contributed by atoms with Gasteiger partial charge in [-0.3, -0.25) is 0 Å². The van der Waals surface area contributed by atoms with Gasteiger partial charge in [-0.25, -0.2) is 0 Å². The summed E-state index contributed by atoms with van der Waals surface area (Å²) in [6.07, 6.45) is 5.30. The molecule has 0 atom stereocenters. The molecule has 76 valence electrons. The Morgan fingerprint density at radius 1 is 1.29 bits per heavy atom. The van der Waals surface area contributed by atoms with E-state index in [2.05, 4.69) is 22.6 Å². The molecule has 0 amide bonds. The van der Waals surface area contributed by atoms with Gasteiger partial charge in [0.15, 0.2) is 0 Å². The predicted octanol–water partition coefficient (Wildman–Crippen LogP) is 3.19. The van der Waals surface area contributed by atoms with Crippen molar-refractivity contribution in [1.82, 2.24) is 0 Å². The van der Waals surface area contributed by atoms with E-state index in [4.69, 9.17) is 10.5 Å². The Kier molecular flexibility index (Phi) is 3.15. The van der Waals surface area contributed by atoms with Gasteiger partial charge in [0.05, 0.1) is 11.8 Å². The second-order valence-electron chi connectivity index (χ2n) is 3.71. The summed E-state index contributed by atoms with van der Waals surface area (Å²) in [7, 11) is 0. The van der Waals surface area contributed by atoms with Crippen LogP contribution in [0.1, 0.15) is 25.7 Å². The first kappa shape index (κ1) is 10.1. The van der Waals surface area contributed by atoms with Crippen LogP contribution in [0.3, 0.4) is 0 Å². The van der Waals surface area contributed by atoms with Crippen LogP contribution in [0, 0.1) is 3.57 Å². The van der Waals surface area contributed by atoms with Crippen molar-refractivity contribution >= 4 is 28.3 Å². The van der Waals surface area contributed by atoms with Gasteiger partial charge < -0.3 is 10.5 Å². The summed E-state index contributed by atoms with van der Waals surface area (Å²) in [5.41, 5.74) is 6.62. The van der Waals surface area contributed by atoms with Crippen molar-refractivity contribution in [1.29, 1.82) is 0 Å². The van der Waals surface area contributed by atoms with E-state index in [0.717, 1.165) is 15.0 Å². The van der Waals surface area contributed by atoms with Crippen molar-refractivity contribution in [3.8, 4) is 5.75 Å². The molecule has 1 fully saturated rings. The normalized spacial score (nSPS) is 17.2. The first-order valence-electron chi connectivity index (χ1n) is 4.97. The largest absolute Gasteiger partial charge is 0.488 e. The Labute approximate surface area is 98.0 Å². The molecule has 1 aromatic carbocycles. The zero-order chi connectivity index (χ0) is 9.97. The summed E-state index contributed by atoms with van der Waals surface area (Å²) in [5, 5.41) is 0. The number of nitrogen functional groups attached to an aromatic ring is 1. The summed E-state index contributed by atoms with van der Waals surface area (Å²) in [6.45, 7) is 0. The maximum absolute atomic E-state index is 5.87. The Hall–Kier alpha value is -0.450. The number of halogens is 1. The van der Waals surface area contributed by atoms with Crippen LogP contribution < -0.4 is 10.5 Å². The second-order valence-corrected chi connectivity index (χ2v) is 4.95.